The number of fused-ring (bicyclic) bond motifs is 2. The molecule has 0 unspecified atom stereocenters. The van der Waals surface area contributed by atoms with E-state index in [2.05, 4.69) is 29.5 Å². The molecule has 2 N–H and O–H groups in total. The molecule has 4 aromatic heterocycles. The quantitative estimate of drug-likeness (QED) is 0.309. The third-order valence-electron chi connectivity index (χ3n) is 6.15. The third kappa shape index (κ3) is 5.07. The van der Waals surface area contributed by atoms with Crippen molar-refractivity contribution in [2.45, 2.75) is 32.4 Å². The Hall–Kier alpha value is -3.28. The van der Waals surface area contributed by atoms with Crippen LogP contribution in [0.4, 0.5) is 11.5 Å². The van der Waals surface area contributed by atoms with Gasteiger partial charge in [-0.25, -0.2) is 14.5 Å². The number of nitrogens with zero attached hydrogens (tertiary/aromatic N) is 6. The summed E-state index contributed by atoms with van der Waals surface area (Å²) in [4.78, 5) is 24.3. The van der Waals surface area contributed by atoms with Crippen LogP contribution in [0.3, 0.4) is 0 Å². The van der Waals surface area contributed by atoms with Crippen molar-refractivity contribution < 1.29 is 9.47 Å². The van der Waals surface area contributed by atoms with Gasteiger partial charge in [-0.3, -0.25) is 9.36 Å². The van der Waals surface area contributed by atoms with Gasteiger partial charge in [0.25, 0.3) is 5.56 Å². The second-order valence-electron chi connectivity index (χ2n) is 10.0. The zero-order valence-corrected chi connectivity index (χ0v) is 21.4. The van der Waals surface area contributed by atoms with Gasteiger partial charge >= 0.3 is 0 Å². The molecule has 5 rings (SSSR count). The van der Waals surface area contributed by atoms with E-state index in [1.807, 2.05) is 18.3 Å². The maximum atomic E-state index is 13.2. The largest absolute Gasteiger partial charge is 0.384 e. The number of hydrogen-bond donors (Lipinski definition) is 1. The zero-order valence-electron chi connectivity index (χ0n) is 20.4. The van der Waals surface area contributed by atoms with Crippen LogP contribution in [0.25, 0.3) is 27.8 Å². The Morgan fingerprint density at radius 1 is 1.14 bits per heavy atom. The van der Waals surface area contributed by atoms with E-state index in [0.717, 1.165) is 30.5 Å². The molecule has 35 heavy (non-hydrogen) atoms. The number of pyridine rings is 3. The van der Waals surface area contributed by atoms with Crippen molar-refractivity contribution >= 4 is 36.0 Å². The van der Waals surface area contributed by atoms with E-state index in [4.69, 9.17) is 25.3 Å². The molecule has 184 valence electrons. The highest BCUT2D eigenvalue weighted by Crippen LogP contribution is 2.27. The zero-order chi connectivity index (χ0) is 24.6. The molecule has 5 heterocycles. The maximum absolute atomic E-state index is 13.2. The monoisotopic (exact) mass is 493 g/mol. The average Bonchev–Trinajstić information content (AvgIpc) is 3.26. The number of ether oxygens (including phenoxy) is 2. The van der Waals surface area contributed by atoms with Gasteiger partial charge in [-0.05, 0) is 24.2 Å². The highest BCUT2D eigenvalue weighted by molar-refractivity contribution is 6.76. The SMILES string of the molecule is C[Si](C)(C)CCOCn1cc(-c2nc3ccc(N4CCOCC4)cn3n2)c2cc(N)ncc2c1=O. The highest BCUT2D eigenvalue weighted by atomic mass is 28.3. The van der Waals surface area contributed by atoms with Crippen LogP contribution >= 0.6 is 0 Å². The van der Waals surface area contributed by atoms with E-state index in [1.54, 1.807) is 21.3 Å². The second kappa shape index (κ2) is 9.40. The Morgan fingerprint density at radius 3 is 2.71 bits per heavy atom. The fourth-order valence-corrected chi connectivity index (χ4v) is 4.87. The molecular formula is C24H31N7O3Si. The van der Waals surface area contributed by atoms with Crippen molar-refractivity contribution in [3.05, 3.63) is 47.1 Å². The standard InChI is InChI=1S/C24H31N7O3Si/c1-35(2,3)11-10-34-16-30-15-20(18-12-21(25)26-13-19(18)24(30)32)23-27-22-5-4-17(14-31(22)28-23)29-6-8-33-9-7-29/h4-5,12-15H,6-11,16H2,1-3H3,(H2,25,26). The van der Waals surface area contributed by atoms with Gasteiger partial charge in [0, 0.05) is 51.1 Å². The normalized spacial score (nSPS) is 14.8. The minimum absolute atomic E-state index is 0.158. The van der Waals surface area contributed by atoms with Gasteiger partial charge in [-0.2, -0.15) is 0 Å². The lowest BCUT2D eigenvalue weighted by atomic mass is 10.1. The topological polar surface area (TPSA) is 113 Å². The average molecular weight is 494 g/mol. The molecule has 11 heteroatoms. The summed E-state index contributed by atoms with van der Waals surface area (Å²) >= 11 is 0. The van der Waals surface area contributed by atoms with E-state index in [-0.39, 0.29) is 12.3 Å². The summed E-state index contributed by atoms with van der Waals surface area (Å²) in [7, 11) is -1.23. The lowest BCUT2D eigenvalue weighted by Gasteiger charge is -2.28. The van der Waals surface area contributed by atoms with Gasteiger partial charge in [-0.15, -0.1) is 5.10 Å². The molecule has 10 nitrogen and oxygen atoms in total. The first kappa shape index (κ1) is 23.5. The molecule has 0 spiro atoms. The molecule has 0 aliphatic carbocycles. The molecule has 1 aliphatic rings. The van der Waals surface area contributed by atoms with E-state index in [0.29, 0.717) is 47.8 Å². The third-order valence-corrected chi connectivity index (χ3v) is 7.85. The van der Waals surface area contributed by atoms with Gasteiger partial charge in [0.15, 0.2) is 11.5 Å². The Morgan fingerprint density at radius 2 is 1.94 bits per heavy atom. The molecule has 4 aromatic rings. The molecule has 0 saturated carbocycles. The predicted octanol–water partition coefficient (Wildman–Crippen LogP) is 2.84. The van der Waals surface area contributed by atoms with Crippen LogP contribution in [-0.4, -0.2) is 65.1 Å². The summed E-state index contributed by atoms with van der Waals surface area (Å²) in [5, 5.41) is 5.88. The molecule has 1 fully saturated rings. The van der Waals surface area contributed by atoms with Crippen molar-refractivity contribution in [1.29, 1.82) is 0 Å². The highest BCUT2D eigenvalue weighted by Gasteiger charge is 2.18. The van der Waals surface area contributed by atoms with E-state index >= 15 is 0 Å². The van der Waals surface area contributed by atoms with Gasteiger partial charge in [0.1, 0.15) is 12.5 Å². The number of aromatic nitrogens is 5. The van der Waals surface area contributed by atoms with Gasteiger partial charge in [-0.1, -0.05) is 19.6 Å². The van der Waals surface area contributed by atoms with Gasteiger partial charge in [0.05, 0.1) is 30.5 Å². The first-order chi connectivity index (χ1) is 16.8. The fraction of sp³-hybridized carbons (Fsp3) is 0.417. The first-order valence-electron chi connectivity index (χ1n) is 11.8. The van der Waals surface area contributed by atoms with Crippen LogP contribution in [-0.2, 0) is 16.2 Å². The minimum Gasteiger partial charge on any atom is -0.384 e. The van der Waals surface area contributed by atoms with Crippen molar-refractivity contribution in [3.8, 4) is 11.4 Å². The molecule has 0 atom stereocenters. The maximum Gasteiger partial charge on any atom is 0.261 e. The summed E-state index contributed by atoms with van der Waals surface area (Å²) in [6, 6.07) is 6.73. The van der Waals surface area contributed by atoms with Crippen molar-refractivity contribution in [3.63, 3.8) is 0 Å². The number of nitrogens with two attached hydrogens (primary N) is 1. The van der Waals surface area contributed by atoms with Crippen molar-refractivity contribution in [2.75, 3.05) is 43.5 Å². The predicted molar refractivity (Wildman–Crippen MR) is 140 cm³/mol. The summed E-state index contributed by atoms with van der Waals surface area (Å²) < 4.78 is 14.7. The molecule has 0 radical (unpaired) electrons. The fourth-order valence-electron chi connectivity index (χ4n) is 4.11. The molecule has 1 aliphatic heterocycles. The molecule has 0 bridgehead atoms. The first-order valence-corrected chi connectivity index (χ1v) is 15.6. The Balaban J connectivity index is 1.53. The minimum atomic E-state index is -1.23. The smallest absolute Gasteiger partial charge is 0.261 e. The number of morpholine rings is 1. The van der Waals surface area contributed by atoms with E-state index in [9.17, 15) is 4.79 Å². The lowest BCUT2D eigenvalue weighted by Crippen LogP contribution is -2.36. The summed E-state index contributed by atoms with van der Waals surface area (Å²) in [5.74, 6) is 0.844. The molecule has 1 saturated heterocycles. The Labute approximate surface area is 204 Å². The summed E-state index contributed by atoms with van der Waals surface area (Å²) in [6.07, 6.45) is 5.25. The van der Waals surface area contributed by atoms with Crippen molar-refractivity contribution in [1.82, 2.24) is 24.1 Å². The molecular weight excluding hydrogens is 462 g/mol. The van der Waals surface area contributed by atoms with Crippen LogP contribution in [0, 0.1) is 0 Å². The van der Waals surface area contributed by atoms with E-state index in [1.165, 1.54) is 6.20 Å². The van der Waals surface area contributed by atoms with Crippen LogP contribution in [0.2, 0.25) is 25.7 Å². The van der Waals surface area contributed by atoms with E-state index < -0.39 is 8.07 Å². The summed E-state index contributed by atoms with van der Waals surface area (Å²) in [5.41, 5.74) is 8.29. The van der Waals surface area contributed by atoms with Crippen LogP contribution in [0.5, 0.6) is 0 Å². The number of rotatable bonds is 7. The number of nitrogen functional groups attached to an aromatic ring is 1. The van der Waals surface area contributed by atoms with Crippen LogP contribution in [0.15, 0.2) is 41.6 Å². The Bertz CT molecular complexity index is 1420. The number of hydrogen-bond acceptors (Lipinski definition) is 8. The lowest BCUT2D eigenvalue weighted by molar-refractivity contribution is 0.0852. The molecule has 0 aromatic carbocycles. The number of anilines is 2. The van der Waals surface area contributed by atoms with Crippen LogP contribution in [0.1, 0.15) is 0 Å². The Kier molecular flexibility index (Phi) is 6.30. The van der Waals surface area contributed by atoms with Crippen molar-refractivity contribution in [2.24, 2.45) is 0 Å². The van der Waals surface area contributed by atoms with Crippen LogP contribution < -0.4 is 16.2 Å². The summed E-state index contributed by atoms with van der Waals surface area (Å²) in [6.45, 7) is 10.8. The molecule has 0 amide bonds. The second-order valence-corrected chi connectivity index (χ2v) is 15.7. The van der Waals surface area contributed by atoms with Gasteiger partial charge < -0.3 is 20.1 Å². The van der Waals surface area contributed by atoms with Gasteiger partial charge in [0.2, 0.25) is 0 Å².